The fourth-order valence-corrected chi connectivity index (χ4v) is 4.02. The molecule has 1 heterocycles. The van der Waals surface area contributed by atoms with Gasteiger partial charge in [0.1, 0.15) is 0 Å². The van der Waals surface area contributed by atoms with Crippen molar-refractivity contribution in [3.63, 3.8) is 0 Å². The summed E-state index contributed by atoms with van der Waals surface area (Å²) in [5, 5.41) is 2.91. The minimum atomic E-state index is -0.730. The maximum Gasteiger partial charge on any atom is 0.338 e. The van der Waals surface area contributed by atoms with Gasteiger partial charge in [0.05, 0.1) is 16.7 Å². The molecule has 0 aliphatic carbocycles. The molecule has 0 saturated heterocycles. The zero-order valence-electron chi connectivity index (χ0n) is 20.4. The molecule has 3 rings (SSSR count). The summed E-state index contributed by atoms with van der Waals surface area (Å²) in [6, 6.07) is 10.2. The van der Waals surface area contributed by atoms with Gasteiger partial charge in [-0.3, -0.25) is 19.3 Å². The zero-order chi connectivity index (χ0) is 25.0. The van der Waals surface area contributed by atoms with Crippen LogP contribution in [0.5, 0.6) is 0 Å². The molecule has 34 heavy (non-hydrogen) atoms. The number of ether oxygens (including phenoxy) is 1. The first kappa shape index (κ1) is 25.1. The Morgan fingerprint density at radius 1 is 0.941 bits per heavy atom. The lowest BCUT2D eigenvalue weighted by atomic mass is 9.92. The first-order valence-electron chi connectivity index (χ1n) is 11.8. The Morgan fingerprint density at radius 2 is 1.56 bits per heavy atom. The van der Waals surface area contributed by atoms with Crippen LogP contribution in [0.1, 0.15) is 101 Å². The van der Waals surface area contributed by atoms with Gasteiger partial charge in [0.25, 0.3) is 17.7 Å². The van der Waals surface area contributed by atoms with Crippen molar-refractivity contribution >= 4 is 29.4 Å². The van der Waals surface area contributed by atoms with Crippen LogP contribution in [0.4, 0.5) is 5.69 Å². The van der Waals surface area contributed by atoms with Crippen LogP contribution in [0.25, 0.3) is 0 Å². The van der Waals surface area contributed by atoms with E-state index in [4.69, 9.17) is 4.74 Å². The SMILES string of the molecule is CCCCN1C(=O)c2ccc(C(=O)OCC(=O)Nc3c(C(C)C)cccc3C(C)C)cc2C1=O. The summed E-state index contributed by atoms with van der Waals surface area (Å²) in [6.45, 7) is 10.1. The van der Waals surface area contributed by atoms with Crippen LogP contribution in [-0.2, 0) is 9.53 Å². The van der Waals surface area contributed by atoms with E-state index < -0.39 is 24.4 Å². The highest BCUT2D eigenvalue weighted by atomic mass is 16.5. The van der Waals surface area contributed by atoms with Gasteiger partial charge < -0.3 is 10.1 Å². The normalized spacial score (nSPS) is 13.0. The predicted octanol–water partition coefficient (Wildman–Crippen LogP) is 5.13. The number of unbranched alkanes of at least 4 members (excludes halogenated alkanes) is 1. The minimum absolute atomic E-state index is 0.121. The van der Waals surface area contributed by atoms with Crippen LogP contribution >= 0.6 is 0 Å². The number of para-hydroxylation sites is 1. The van der Waals surface area contributed by atoms with E-state index in [0.29, 0.717) is 13.0 Å². The van der Waals surface area contributed by atoms with Crippen LogP contribution in [0.15, 0.2) is 36.4 Å². The minimum Gasteiger partial charge on any atom is -0.452 e. The highest BCUT2D eigenvalue weighted by Crippen LogP contribution is 2.32. The summed E-state index contributed by atoms with van der Waals surface area (Å²) in [6.07, 6.45) is 1.57. The summed E-state index contributed by atoms with van der Waals surface area (Å²) in [5.41, 5.74) is 3.37. The van der Waals surface area contributed by atoms with E-state index in [2.05, 4.69) is 33.0 Å². The first-order chi connectivity index (χ1) is 16.1. The Kier molecular flexibility index (Phi) is 7.87. The molecule has 1 aliphatic rings. The largest absolute Gasteiger partial charge is 0.452 e. The van der Waals surface area contributed by atoms with E-state index in [0.717, 1.165) is 23.2 Å². The average Bonchev–Trinajstić information content (AvgIpc) is 3.04. The van der Waals surface area contributed by atoms with Crippen LogP contribution in [-0.4, -0.2) is 41.7 Å². The van der Waals surface area contributed by atoms with Gasteiger partial charge in [0.15, 0.2) is 6.61 Å². The van der Waals surface area contributed by atoms with E-state index >= 15 is 0 Å². The Balaban J connectivity index is 1.69. The highest BCUT2D eigenvalue weighted by molar-refractivity contribution is 6.22. The average molecular weight is 465 g/mol. The number of anilines is 1. The quantitative estimate of drug-likeness (QED) is 0.410. The number of hydrogen-bond acceptors (Lipinski definition) is 5. The number of hydrogen-bond donors (Lipinski definition) is 1. The van der Waals surface area contributed by atoms with Gasteiger partial charge in [-0.05, 0) is 47.6 Å². The second kappa shape index (κ2) is 10.6. The highest BCUT2D eigenvalue weighted by Gasteiger charge is 2.35. The second-order valence-electron chi connectivity index (χ2n) is 9.12. The van der Waals surface area contributed by atoms with Crippen molar-refractivity contribution in [3.05, 3.63) is 64.2 Å². The molecule has 0 bridgehead atoms. The Labute approximate surface area is 200 Å². The number of carbonyl (C=O) groups excluding carboxylic acids is 4. The summed E-state index contributed by atoms with van der Waals surface area (Å²) >= 11 is 0. The summed E-state index contributed by atoms with van der Waals surface area (Å²) in [7, 11) is 0. The fourth-order valence-electron chi connectivity index (χ4n) is 4.02. The van der Waals surface area contributed by atoms with Gasteiger partial charge >= 0.3 is 5.97 Å². The van der Waals surface area contributed by atoms with Crippen LogP contribution in [0, 0.1) is 0 Å². The molecule has 3 amide bonds. The third kappa shape index (κ3) is 5.19. The van der Waals surface area contributed by atoms with Crippen LogP contribution < -0.4 is 5.32 Å². The lowest BCUT2D eigenvalue weighted by Gasteiger charge is -2.20. The molecule has 0 spiro atoms. The van der Waals surface area contributed by atoms with Crippen LogP contribution in [0.3, 0.4) is 0 Å². The summed E-state index contributed by atoms with van der Waals surface area (Å²) < 4.78 is 5.22. The van der Waals surface area contributed by atoms with Gasteiger partial charge in [0.2, 0.25) is 0 Å². The maximum absolute atomic E-state index is 12.6. The molecular formula is C27H32N2O5. The Bertz CT molecular complexity index is 1090. The third-order valence-corrected chi connectivity index (χ3v) is 5.91. The van der Waals surface area contributed by atoms with E-state index in [1.54, 1.807) is 0 Å². The monoisotopic (exact) mass is 464 g/mol. The standard InChI is InChI=1S/C27H32N2O5/c1-6-7-13-29-25(31)21-12-11-18(14-22(21)26(29)32)27(33)34-15-23(30)28-24-19(16(2)3)9-8-10-20(24)17(4)5/h8-12,14,16-17H,6-7,13,15H2,1-5H3,(H,28,30). The summed E-state index contributed by atoms with van der Waals surface area (Å²) in [5.74, 6) is -1.52. The molecule has 0 saturated carbocycles. The topological polar surface area (TPSA) is 92.8 Å². The van der Waals surface area contributed by atoms with Crippen molar-refractivity contribution in [3.8, 4) is 0 Å². The number of rotatable bonds is 9. The van der Waals surface area contributed by atoms with Crippen molar-refractivity contribution in [1.29, 1.82) is 0 Å². The third-order valence-electron chi connectivity index (χ3n) is 5.91. The molecule has 0 unspecified atom stereocenters. The van der Waals surface area contributed by atoms with Crippen LogP contribution in [0.2, 0.25) is 0 Å². The number of nitrogens with one attached hydrogen (secondary N) is 1. The van der Waals surface area contributed by atoms with Gasteiger partial charge in [-0.2, -0.15) is 0 Å². The molecule has 0 atom stereocenters. The molecule has 0 fully saturated rings. The van der Waals surface area contributed by atoms with Gasteiger partial charge in [0, 0.05) is 12.2 Å². The predicted molar refractivity (Wildman–Crippen MR) is 130 cm³/mol. The molecule has 180 valence electrons. The van der Waals surface area contributed by atoms with E-state index in [1.165, 1.54) is 23.1 Å². The molecular weight excluding hydrogens is 432 g/mol. The van der Waals surface area contributed by atoms with Gasteiger partial charge in [-0.25, -0.2) is 4.79 Å². The lowest BCUT2D eigenvalue weighted by Crippen LogP contribution is -2.30. The smallest absolute Gasteiger partial charge is 0.338 e. The fraction of sp³-hybridized carbons (Fsp3) is 0.407. The molecule has 7 heteroatoms. The molecule has 2 aromatic rings. The maximum atomic E-state index is 12.6. The number of amides is 3. The number of nitrogens with zero attached hydrogens (tertiary/aromatic N) is 1. The van der Waals surface area contributed by atoms with Crippen molar-refractivity contribution < 1.29 is 23.9 Å². The molecule has 0 aromatic heterocycles. The Morgan fingerprint density at radius 3 is 2.15 bits per heavy atom. The van der Waals surface area contributed by atoms with Crippen molar-refractivity contribution in [2.24, 2.45) is 0 Å². The number of benzene rings is 2. The Hall–Kier alpha value is -3.48. The van der Waals surface area contributed by atoms with Gasteiger partial charge in [-0.15, -0.1) is 0 Å². The number of carbonyl (C=O) groups is 4. The first-order valence-corrected chi connectivity index (χ1v) is 11.8. The molecule has 2 aromatic carbocycles. The summed E-state index contributed by atoms with van der Waals surface area (Å²) in [4.78, 5) is 51.5. The van der Waals surface area contributed by atoms with E-state index in [1.807, 2.05) is 25.1 Å². The van der Waals surface area contributed by atoms with E-state index in [9.17, 15) is 19.2 Å². The second-order valence-corrected chi connectivity index (χ2v) is 9.12. The zero-order valence-corrected chi connectivity index (χ0v) is 20.4. The van der Waals surface area contributed by atoms with E-state index in [-0.39, 0.29) is 34.4 Å². The van der Waals surface area contributed by atoms with Gasteiger partial charge in [-0.1, -0.05) is 59.2 Å². The number of fused-ring (bicyclic) bond motifs is 1. The van der Waals surface area contributed by atoms with Crippen molar-refractivity contribution in [1.82, 2.24) is 4.90 Å². The number of imide groups is 1. The lowest BCUT2D eigenvalue weighted by molar-refractivity contribution is -0.119. The van der Waals surface area contributed by atoms with Crippen molar-refractivity contribution in [2.75, 3.05) is 18.5 Å². The molecule has 0 radical (unpaired) electrons. The molecule has 1 N–H and O–H groups in total. The molecule has 7 nitrogen and oxygen atoms in total. The number of esters is 1. The van der Waals surface area contributed by atoms with Crippen molar-refractivity contribution in [2.45, 2.75) is 59.3 Å². The molecule has 1 aliphatic heterocycles.